The van der Waals surface area contributed by atoms with Crippen molar-refractivity contribution in [3.63, 3.8) is 0 Å². The maximum Gasteiger partial charge on any atom is 0.573 e. The summed E-state index contributed by atoms with van der Waals surface area (Å²) >= 11 is 0. The molecule has 2 aliphatic heterocycles. The number of alkyl halides is 3. The molecular formula is C16H20ClF3N2O3. The number of carbonyl (C=O) groups is 1. The lowest BCUT2D eigenvalue weighted by Crippen LogP contribution is -2.34. The SMILES string of the molecule is C[C@]12CNC[C@@H]1CN(C(=O)OCc1ccc(OC(F)(F)F)cc1)C2.Cl. The smallest absolute Gasteiger partial charge is 0.445 e. The highest BCUT2D eigenvalue weighted by Gasteiger charge is 2.47. The van der Waals surface area contributed by atoms with E-state index in [-0.39, 0.29) is 36.3 Å². The molecule has 1 amide bonds. The Morgan fingerprint density at radius 1 is 1.36 bits per heavy atom. The molecule has 1 aromatic carbocycles. The van der Waals surface area contributed by atoms with Gasteiger partial charge in [-0.1, -0.05) is 19.1 Å². The van der Waals surface area contributed by atoms with Crippen molar-refractivity contribution in [1.82, 2.24) is 10.2 Å². The minimum Gasteiger partial charge on any atom is -0.445 e. The van der Waals surface area contributed by atoms with Crippen molar-refractivity contribution in [2.24, 2.45) is 11.3 Å². The van der Waals surface area contributed by atoms with Gasteiger partial charge < -0.3 is 19.7 Å². The van der Waals surface area contributed by atoms with Gasteiger partial charge in [-0.2, -0.15) is 0 Å². The third-order valence-corrected chi connectivity index (χ3v) is 4.68. The van der Waals surface area contributed by atoms with Crippen LogP contribution in [0, 0.1) is 11.3 Å². The number of fused-ring (bicyclic) bond motifs is 1. The zero-order chi connectivity index (χ0) is 17.4. The Kier molecular flexibility index (Phi) is 5.73. The first kappa shape index (κ1) is 19.7. The van der Waals surface area contributed by atoms with Crippen LogP contribution < -0.4 is 10.1 Å². The van der Waals surface area contributed by atoms with Crippen LogP contribution in [0.15, 0.2) is 24.3 Å². The number of likely N-dealkylation sites (tertiary alicyclic amines) is 1. The van der Waals surface area contributed by atoms with Crippen LogP contribution in [0.5, 0.6) is 5.75 Å². The molecule has 0 radical (unpaired) electrons. The molecule has 2 aliphatic rings. The maximum atomic E-state index is 12.2. The number of benzene rings is 1. The summed E-state index contributed by atoms with van der Waals surface area (Å²) in [6.45, 7) is 5.29. The Morgan fingerprint density at radius 2 is 2.04 bits per heavy atom. The second kappa shape index (κ2) is 7.29. The third kappa shape index (κ3) is 4.70. The molecule has 2 heterocycles. The number of amides is 1. The highest BCUT2D eigenvalue weighted by molar-refractivity contribution is 5.85. The van der Waals surface area contributed by atoms with Crippen LogP contribution in [-0.2, 0) is 11.3 Å². The summed E-state index contributed by atoms with van der Waals surface area (Å²) < 4.78 is 45.3. The molecular weight excluding hydrogens is 361 g/mol. The Bertz CT molecular complexity index is 612. The molecule has 3 rings (SSSR count). The molecule has 5 nitrogen and oxygen atoms in total. The van der Waals surface area contributed by atoms with Gasteiger partial charge in [0, 0.05) is 31.6 Å². The molecule has 0 saturated carbocycles. The van der Waals surface area contributed by atoms with Crippen molar-refractivity contribution in [1.29, 1.82) is 0 Å². The predicted molar refractivity (Wildman–Crippen MR) is 86.6 cm³/mol. The van der Waals surface area contributed by atoms with Crippen LogP contribution in [0.2, 0.25) is 0 Å². The van der Waals surface area contributed by atoms with Gasteiger partial charge in [-0.05, 0) is 23.6 Å². The van der Waals surface area contributed by atoms with Crippen molar-refractivity contribution in [3.8, 4) is 5.75 Å². The molecule has 1 aromatic rings. The Hall–Kier alpha value is -1.67. The van der Waals surface area contributed by atoms with Crippen molar-refractivity contribution < 1.29 is 27.4 Å². The van der Waals surface area contributed by atoms with Gasteiger partial charge in [-0.3, -0.25) is 0 Å². The molecule has 0 aliphatic carbocycles. The van der Waals surface area contributed by atoms with Gasteiger partial charge in [0.25, 0.3) is 0 Å². The van der Waals surface area contributed by atoms with Crippen molar-refractivity contribution in [2.45, 2.75) is 19.9 Å². The van der Waals surface area contributed by atoms with Crippen LogP contribution in [0.3, 0.4) is 0 Å². The van der Waals surface area contributed by atoms with Crippen LogP contribution in [-0.4, -0.2) is 43.5 Å². The van der Waals surface area contributed by atoms with E-state index in [1.54, 1.807) is 4.90 Å². The number of nitrogens with one attached hydrogen (secondary N) is 1. The summed E-state index contributed by atoms with van der Waals surface area (Å²) in [6, 6.07) is 5.28. The highest BCUT2D eigenvalue weighted by Crippen LogP contribution is 2.38. The number of hydrogen-bond acceptors (Lipinski definition) is 4. The Balaban J connectivity index is 0.00000225. The molecule has 25 heavy (non-hydrogen) atoms. The summed E-state index contributed by atoms with van der Waals surface area (Å²) in [6.07, 6.45) is -5.10. The number of hydrogen-bond donors (Lipinski definition) is 1. The fourth-order valence-electron chi connectivity index (χ4n) is 3.32. The van der Waals surface area contributed by atoms with Gasteiger partial charge in [0.2, 0.25) is 0 Å². The summed E-state index contributed by atoms with van der Waals surface area (Å²) in [5, 5.41) is 3.33. The summed E-state index contributed by atoms with van der Waals surface area (Å²) in [5.74, 6) is 0.134. The fraction of sp³-hybridized carbons (Fsp3) is 0.562. The Morgan fingerprint density at radius 3 is 2.64 bits per heavy atom. The normalized spacial score (nSPS) is 25.3. The van der Waals surface area contributed by atoms with Crippen LogP contribution in [0.4, 0.5) is 18.0 Å². The van der Waals surface area contributed by atoms with Crippen molar-refractivity contribution >= 4 is 18.5 Å². The lowest BCUT2D eigenvalue weighted by Gasteiger charge is -2.22. The second-order valence-corrected chi connectivity index (χ2v) is 6.61. The molecule has 0 bridgehead atoms. The molecule has 0 spiro atoms. The van der Waals surface area contributed by atoms with Gasteiger partial charge in [0.1, 0.15) is 12.4 Å². The average molecular weight is 381 g/mol. The largest absolute Gasteiger partial charge is 0.573 e. The van der Waals surface area contributed by atoms with E-state index in [1.165, 1.54) is 24.3 Å². The van der Waals surface area contributed by atoms with Gasteiger partial charge in [0.05, 0.1) is 0 Å². The van der Waals surface area contributed by atoms with E-state index in [2.05, 4.69) is 17.0 Å². The summed E-state index contributed by atoms with van der Waals surface area (Å²) in [5.41, 5.74) is 0.695. The zero-order valence-corrected chi connectivity index (χ0v) is 14.5. The maximum absolute atomic E-state index is 12.2. The molecule has 2 fully saturated rings. The number of halogens is 4. The lowest BCUT2D eigenvalue weighted by molar-refractivity contribution is -0.274. The summed E-state index contributed by atoms with van der Waals surface area (Å²) in [4.78, 5) is 13.9. The van der Waals surface area contributed by atoms with Crippen molar-refractivity contribution in [2.75, 3.05) is 26.2 Å². The van der Waals surface area contributed by atoms with Crippen molar-refractivity contribution in [3.05, 3.63) is 29.8 Å². The monoisotopic (exact) mass is 380 g/mol. The van der Waals surface area contributed by atoms with Gasteiger partial charge in [-0.15, -0.1) is 25.6 Å². The molecule has 0 unspecified atom stereocenters. The number of carbonyl (C=O) groups excluding carboxylic acids is 1. The van der Waals surface area contributed by atoms with Gasteiger partial charge >= 0.3 is 12.5 Å². The van der Waals surface area contributed by atoms with E-state index in [1.807, 2.05) is 0 Å². The van der Waals surface area contributed by atoms with E-state index in [4.69, 9.17) is 4.74 Å². The van der Waals surface area contributed by atoms with E-state index in [0.717, 1.165) is 13.1 Å². The first-order valence-electron chi connectivity index (χ1n) is 7.72. The van der Waals surface area contributed by atoms with Crippen LogP contribution in [0.1, 0.15) is 12.5 Å². The molecule has 0 aromatic heterocycles. The third-order valence-electron chi connectivity index (χ3n) is 4.68. The number of ether oxygens (including phenoxy) is 2. The average Bonchev–Trinajstić information content (AvgIpc) is 2.99. The van der Waals surface area contributed by atoms with Crippen LogP contribution >= 0.6 is 12.4 Å². The second-order valence-electron chi connectivity index (χ2n) is 6.61. The standard InChI is InChI=1S/C16H19F3N2O3.ClH/c1-15-9-20-6-12(15)7-21(10-15)14(22)23-8-11-2-4-13(5-3-11)24-16(17,18)19;/h2-5,12,20H,6-10H2,1H3;1H/t12-,15-;/m1./s1. The number of nitrogens with zero attached hydrogens (tertiary/aromatic N) is 1. The molecule has 9 heteroatoms. The minimum atomic E-state index is -4.72. The molecule has 1 N–H and O–H groups in total. The fourth-order valence-corrected chi connectivity index (χ4v) is 3.32. The Labute approximate surface area is 149 Å². The number of rotatable bonds is 3. The van der Waals surface area contributed by atoms with E-state index >= 15 is 0 Å². The predicted octanol–water partition coefficient (Wildman–Crippen LogP) is 3.18. The first-order valence-corrected chi connectivity index (χ1v) is 7.72. The van der Waals surface area contributed by atoms with E-state index in [0.29, 0.717) is 24.6 Å². The zero-order valence-electron chi connectivity index (χ0n) is 13.6. The molecule has 2 saturated heterocycles. The first-order chi connectivity index (χ1) is 11.3. The summed E-state index contributed by atoms with van der Waals surface area (Å²) in [7, 11) is 0. The minimum absolute atomic E-state index is 0. The van der Waals surface area contributed by atoms with Crippen LogP contribution in [0.25, 0.3) is 0 Å². The topological polar surface area (TPSA) is 50.8 Å². The van der Waals surface area contributed by atoms with Gasteiger partial charge in [-0.25, -0.2) is 4.79 Å². The molecule has 2 atom stereocenters. The van der Waals surface area contributed by atoms with E-state index in [9.17, 15) is 18.0 Å². The van der Waals surface area contributed by atoms with E-state index < -0.39 is 6.36 Å². The quantitative estimate of drug-likeness (QED) is 0.875. The van der Waals surface area contributed by atoms with Gasteiger partial charge in [0.15, 0.2) is 0 Å². The molecule has 140 valence electrons. The highest BCUT2D eigenvalue weighted by atomic mass is 35.5. The lowest BCUT2D eigenvalue weighted by atomic mass is 9.83.